The van der Waals surface area contributed by atoms with E-state index in [4.69, 9.17) is 0 Å². The van der Waals surface area contributed by atoms with E-state index in [0.717, 1.165) is 30.6 Å². The van der Waals surface area contributed by atoms with Crippen LogP contribution in [0.15, 0.2) is 72.9 Å². The summed E-state index contributed by atoms with van der Waals surface area (Å²) in [6, 6.07) is 19.6. The molecule has 8 nitrogen and oxygen atoms in total. The van der Waals surface area contributed by atoms with Crippen molar-refractivity contribution in [3.8, 4) is 0 Å². The highest BCUT2D eigenvalue weighted by Crippen LogP contribution is 2.36. The average Bonchev–Trinajstić information content (AvgIpc) is 3.58. The van der Waals surface area contributed by atoms with E-state index in [-0.39, 0.29) is 12.6 Å². The molecular formula is C25H25N5O3. The number of aromatic nitrogens is 2. The molecule has 1 aromatic heterocycles. The van der Waals surface area contributed by atoms with Crippen LogP contribution in [0.25, 0.3) is 0 Å². The summed E-state index contributed by atoms with van der Waals surface area (Å²) >= 11 is 0. The zero-order valence-electron chi connectivity index (χ0n) is 18.1. The Labute approximate surface area is 191 Å². The fourth-order valence-electron chi connectivity index (χ4n) is 4.83. The van der Waals surface area contributed by atoms with E-state index in [2.05, 4.69) is 15.7 Å². The van der Waals surface area contributed by atoms with Gasteiger partial charge in [0.15, 0.2) is 5.54 Å². The summed E-state index contributed by atoms with van der Waals surface area (Å²) in [5.74, 6) is -0.351. The minimum Gasteiger partial charge on any atom is -0.315 e. The molecule has 0 unspecified atom stereocenters. The van der Waals surface area contributed by atoms with Gasteiger partial charge >= 0.3 is 6.03 Å². The van der Waals surface area contributed by atoms with Crippen molar-refractivity contribution >= 4 is 23.7 Å². The Morgan fingerprint density at radius 2 is 1.58 bits per heavy atom. The predicted octanol–water partition coefficient (Wildman–Crippen LogP) is 3.43. The van der Waals surface area contributed by atoms with Crippen LogP contribution in [-0.4, -0.2) is 39.1 Å². The van der Waals surface area contributed by atoms with Crippen LogP contribution in [0.3, 0.4) is 0 Å². The van der Waals surface area contributed by atoms with E-state index in [1.165, 1.54) is 0 Å². The third kappa shape index (κ3) is 3.67. The lowest BCUT2D eigenvalue weighted by Crippen LogP contribution is -2.45. The zero-order chi connectivity index (χ0) is 22.8. The largest absolute Gasteiger partial charge is 0.326 e. The minimum absolute atomic E-state index is 0.260. The SMILES string of the molecule is O=C(CN1C(=O)NC(c2ccccc2)(c2ccccc2)C1=O)Nc1ccnn1C1CCCC1. The lowest BCUT2D eigenvalue weighted by atomic mass is 9.82. The van der Waals surface area contributed by atoms with Gasteiger partial charge in [0.1, 0.15) is 12.4 Å². The maximum absolute atomic E-state index is 13.7. The summed E-state index contributed by atoms with van der Waals surface area (Å²) in [6.07, 6.45) is 5.97. The monoisotopic (exact) mass is 443 g/mol. The third-order valence-corrected chi connectivity index (χ3v) is 6.43. The summed E-state index contributed by atoms with van der Waals surface area (Å²) in [5.41, 5.74) is -0.112. The molecule has 1 saturated heterocycles. The van der Waals surface area contributed by atoms with Gasteiger partial charge in [0.2, 0.25) is 5.91 Å². The lowest BCUT2D eigenvalue weighted by molar-refractivity contribution is -0.133. The second kappa shape index (κ2) is 8.54. The second-order valence-electron chi connectivity index (χ2n) is 8.45. The first-order valence-corrected chi connectivity index (χ1v) is 11.2. The highest BCUT2D eigenvalue weighted by Gasteiger charge is 2.54. The molecule has 1 saturated carbocycles. The van der Waals surface area contributed by atoms with Crippen LogP contribution in [0.5, 0.6) is 0 Å². The quantitative estimate of drug-likeness (QED) is 0.571. The number of anilines is 1. The number of rotatable bonds is 6. The molecule has 0 bridgehead atoms. The number of nitrogens with one attached hydrogen (secondary N) is 2. The molecule has 2 aliphatic rings. The van der Waals surface area contributed by atoms with Gasteiger partial charge in [0.05, 0.1) is 12.2 Å². The number of nitrogens with zero attached hydrogens (tertiary/aromatic N) is 3. The fraction of sp³-hybridized carbons (Fsp3) is 0.280. The predicted molar refractivity (Wildman–Crippen MR) is 122 cm³/mol. The number of hydrogen-bond donors (Lipinski definition) is 2. The number of carbonyl (C=O) groups excluding carboxylic acids is 3. The van der Waals surface area contributed by atoms with Crippen LogP contribution in [0.1, 0.15) is 42.9 Å². The number of amides is 4. The van der Waals surface area contributed by atoms with Crippen molar-refractivity contribution in [2.75, 3.05) is 11.9 Å². The molecule has 5 rings (SSSR count). The molecule has 0 atom stereocenters. The first-order chi connectivity index (χ1) is 16.1. The summed E-state index contributed by atoms with van der Waals surface area (Å²) in [7, 11) is 0. The molecule has 0 radical (unpaired) electrons. The van der Waals surface area contributed by atoms with Crippen LogP contribution < -0.4 is 10.6 Å². The number of carbonyl (C=O) groups is 3. The third-order valence-electron chi connectivity index (χ3n) is 6.43. The Balaban J connectivity index is 1.40. The van der Waals surface area contributed by atoms with Gasteiger partial charge in [-0.3, -0.25) is 14.5 Å². The van der Waals surface area contributed by atoms with Gasteiger partial charge in [-0.2, -0.15) is 5.10 Å². The Bertz CT molecular complexity index is 1130. The van der Waals surface area contributed by atoms with Crippen molar-refractivity contribution in [2.45, 2.75) is 37.3 Å². The molecule has 2 N–H and O–H groups in total. The van der Waals surface area contributed by atoms with Crippen LogP contribution >= 0.6 is 0 Å². The van der Waals surface area contributed by atoms with Crippen LogP contribution in [0.2, 0.25) is 0 Å². The highest BCUT2D eigenvalue weighted by molar-refractivity contribution is 6.12. The number of urea groups is 1. The van der Waals surface area contributed by atoms with Gasteiger partial charge in [-0.1, -0.05) is 73.5 Å². The van der Waals surface area contributed by atoms with E-state index in [9.17, 15) is 14.4 Å². The van der Waals surface area contributed by atoms with Crippen molar-refractivity contribution in [1.82, 2.24) is 20.0 Å². The van der Waals surface area contributed by atoms with E-state index in [1.807, 2.05) is 41.1 Å². The zero-order valence-corrected chi connectivity index (χ0v) is 18.1. The van der Waals surface area contributed by atoms with Gasteiger partial charge in [-0.25, -0.2) is 9.48 Å². The minimum atomic E-state index is -1.38. The number of imide groups is 1. The molecule has 0 spiro atoms. The van der Waals surface area contributed by atoms with Crippen molar-refractivity contribution in [1.29, 1.82) is 0 Å². The average molecular weight is 444 g/mol. The maximum Gasteiger partial charge on any atom is 0.326 e. The molecular weight excluding hydrogens is 418 g/mol. The molecule has 2 heterocycles. The van der Waals surface area contributed by atoms with Crippen molar-refractivity contribution in [3.05, 3.63) is 84.1 Å². The topological polar surface area (TPSA) is 96.3 Å². The summed E-state index contributed by atoms with van der Waals surface area (Å²) in [6.45, 7) is -0.387. The first-order valence-electron chi connectivity index (χ1n) is 11.2. The number of hydrogen-bond acceptors (Lipinski definition) is 4. The summed E-state index contributed by atoms with van der Waals surface area (Å²) < 4.78 is 1.83. The molecule has 33 heavy (non-hydrogen) atoms. The van der Waals surface area contributed by atoms with E-state index >= 15 is 0 Å². The van der Waals surface area contributed by atoms with Gasteiger partial charge in [-0.05, 0) is 24.0 Å². The smallest absolute Gasteiger partial charge is 0.315 e. The van der Waals surface area contributed by atoms with Crippen molar-refractivity contribution in [3.63, 3.8) is 0 Å². The van der Waals surface area contributed by atoms with Gasteiger partial charge in [0.25, 0.3) is 5.91 Å². The molecule has 2 aromatic carbocycles. The Kier molecular flexibility index (Phi) is 5.42. The standard InChI is InChI=1S/C25H25N5O3/c31-22(27-21-15-16-26-30(21)20-13-7-8-14-20)17-29-23(32)25(28-24(29)33,18-9-3-1-4-10-18)19-11-5-2-6-12-19/h1-6,9-12,15-16,20H,7-8,13-14,17H2,(H,27,31)(H,28,33). The molecule has 8 heteroatoms. The second-order valence-corrected chi connectivity index (χ2v) is 8.45. The number of benzene rings is 2. The summed E-state index contributed by atoms with van der Waals surface area (Å²) in [4.78, 5) is 40.5. The Morgan fingerprint density at radius 3 is 2.18 bits per heavy atom. The van der Waals surface area contributed by atoms with Crippen molar-refractivity contribution < 1.29 is 14.4 Å². The maximum atomic E-state index is 13.7. The normalized spacial score (nSPS) is 17.9. The molecule has 3 aromatic rings. The van der Waals surface area contributed by atoms with Crippen LogP contribution in [-0.2, 0) is 15.1 Å². The first kappa shape index (κ1) is 20.9. The molecule has 2 fully saturated rings. The van der Waals surface area contributed by atoms with E-state index in [1.54, 1.807) is 36.5 Å². The van der Waals surface area contributed by atoms with Gasteiger partial charge < -0.3 is 10.6 Å². The summed E-state index contributed by atoms with van der Waals surface area (Å²) in [5, 5.41) is 10.0. The lowest BCUT2D eigenvalue weighted by Gasteiger charge is -2.28. The van der Waals surface area contributed by atoms with E-state index < -0.39 is 23.4 Å². The van der Waals surface area contributed by atoms with Gasteiger partial charge in [0, 0.05) is 6.07 Å². The Morgan fingerprint density at radius 1 is 0.970 bits per heavy atom. The molecule has 1 aliphatic carbocycles. The van der Waals surface area contributed by atoms with Crippen LogP contribution in [0, 0.1) is 0 Å². The van der Waals surface area contributed by atoms with Gasteiger partial charge in [-0.15, -0.1) is 0 Å². The molecule has 168 valence electrons. The fourth-order valence-corrected chi connectivity index (χ4v) is 4.83. The van der Waals surface area contributed by atoms with Crippen molar-refractivity contribution in [2.24, 2.45) is 0 Å². The molecule has 4 amide bonds. The highest BCUT2D eigenvalue weighted by atomic mass is 16.2. The van der Waals surface area contributed by atoms with Crippen LogP contribution in [0.4, 0.5) is 10.6 Å². The molecule has 1 aliphatic heterocycles. The van der Waals surface area contributed by atoms with E-state index in [0.29, 0.717) is 16.9 Å². The Hall–Kier alpha value is -3.94.